The van der Waals surface area contributed by atoms with Gasteiger partial charge >= 0.3 is 5.97 Å². The van der Waals surface area contributed by atoms with Crippen LogP contribution >= 0.6 is 11.8 Å². The summed E-state index contributed by atoms with van der Waals surface area (Å²) in [7, 11) is 0. The molecule has 0 radical (unpaired) electrons. The molecule has 1 aliphatic heterocycles. The Morgan fingerprint density at radius 1 is 1.56 bits per heavy atom. The van der Waals surface area contributed by atoms with E-state index >= 15 is 0 Å². The first kappa shape index (κ1) is 13.8. The molecule has 94 valence electrons. The number of hydrogen-bond acceptors (Lipinski definition) is 5. The van der Waals surface area contributed by atoms with Crippen LogP contribution in [0.25, 0.3) is 0 Å². The SMILES string of the molecule is CCOC(=O)COCCN1CCSCC1C. The van der Waals surface area contributed by atoms with Gasteiger partial charge in [-0.2, -0.15) is 11.8 Å². The highest BCUT2D eigenvalue weighted by Crippen LogP contribution is 2.15. The number of carbonyl (C=O) groups is 1. The van der Waals surface area contributed by atoms with E-state index in [1.54, 1.807) is 6.92 Å². The second kappa shape index (κ2) is 7.92. The summed E-state index contributed by atoms with van der Waals surface area (Å²) in [4.78, 5) is 13.4. The zero-order valence-electron chi connectivity index (χ0n) is 10.1. The molecule has 1 fully saturated rings. The minimum Gasteiger partial charge on any atom is -0.464 e. The Kier molecular flexibility index (Phi) is 6.84. The Bertz CT molecular complexity index is 213. The van der Waals surface area contributed by atoms with E-state index in [0.717, 1.165) is 13.1 Å². The maximum Gasteiger partial charge on any atom is 0.332 e. The molecule has 0 aromatic heterocycles. The third kappa shape index (κ3) is 5.18. The number of carbonyl (C=O) groups excluding carboxylic acids is 1. The normalized spacial score (nSPS) is 22.0. The molecule has 0 N–H and O–H groups in total. The lowest BCUT2D eigenvalue weighted by molar-refractivity contribution is -0.148. The molecule has 1 saturated heterocycles. The first-order valence-electron chi connectivity index (χ1n) is 5.79. The van der Waals surface area contributed by atoms with Crippen molar-refractivity contribution in [3.8, 4) is 0 Å². The summed E-state index contributed by atoms with van der Waals surface area (Å²) in [6, 6.07) is 0.616. The van der Waals surface area contributed by atoms with Crippen LogP contribution in [0.5, 0.6) is 0 Å². The maximum absolute atomic E-state index is 11.0. The van der Waals surface area contributed by atoms with Crippen LogP contribution in [0.1, 0.15) is 13.8 Å². The fourth-order valence-electron chi connectivity index (χ4n) is 1.63. The lowest BCUT2D eigenvalue weighted by atomic mass is 10.3. The Labute approximate surface area is 102 Å². The summed E-state index contributed by atoms with van der Waals surface area (Å²) in [6.07, 6.45) is 0. The van der Waals surface area contributed by atoms with Crippen molar-refractivity contribution in [1.82, 2.24) is 4.90 Å². The van der Waals surface area contributed by atoms with Crippen molar-refractivity contribution >= 4 is 17.7 Å². The van der Waals surface area contributed by atoms with E-state index in [0.29, 0.717) is 19.3 Å². The minimum atomic E-state index is -0.273. The van der Waals surface area contributed by atoms with E-state index in [2.05, 4.69) is 11.8 Å². The van der Waals surface area contributed by atoms with Crippen molar-refractivity contribution in [2.75, 3.05) is 44.4 Å². The number of esters is 1. The van der Waals surface area contributed by atoms with Gasteiger partial charge in [0.1, 0.15) is 6.61 Å². The standard InChI is InChI=1S/C11H21NO3S/c1-3-15-11(13)8-14-6-4-12-5-7-16-9-10(12)2/h10H,3-9H2,1-2H3. The third-order valence-corrected chi connectivity index (χ3v) is 3.74. The number of ether oxygens (including phenoxy) is 2. The Morgan fingerprint density at radius 3 is 3.06 bits per heavy atom. The molecular weight excluding hydrogens is 226 g/mol. The van der Waals surface area contributed by atoms with Gasteiger partial charge in [0, 0.05) is 30.6 Å². The lowest BCUT2D eigenvalue weighted by Gasteiger charge is -2.32. The van der Waals surface area contributed by atoms with Crippen LogP contribution in [0.3, 0.4) is 0 Å². The van der Waals surface area contributed by atoms with Crippen molar-refractivity contribution in [2.45, 2.75) is 19.9 Å². The van der Waals surface area contributed by atoms with Crippen molar-refractivity contribution in [2.24, 2.45) is 0 Å². The van der Waals surface area contributed by atoms with Gasteiger partial charge in [0.15, 0.2) is 0 Å². The molecule has 1 heterocycles. The second-order valence-corrected chi connectivity index (χ2v) is 4.97. The van der Waals surface area contributed by atoms with E-state index in [4.69, 9.17) is 9.47 Å². The average molecular weight is 247 g/mol. The van der Waals surface area contributed by atoms with Gasteiger partial charge in [-0.3, -0.25) is 4.90 Å². The third-order valence-electron chi connectivity index (χ3n) is 2.55. The number of thioether (sulfide) groups is 1. The molecule has 0 aliphatic carbocycles. The second-order valence-electron chi connectivity index (χ2n) is 3.82. The summed E-state index contributed by atoms with van der Waals surface area (Å²) in [5.41, 5.74) is 0. The van der Waals surface area contributed by atoms with Crippen LogP contribution in [-0.4, -0.2) is 61.3 Å². The molecule has 1 rings (SSSR count). The fraction of sp³-hybridized carbons (Fsp3) is 0.909. The molecule has 0 aromatic carbocycles. The van der Waals surface area contributed by atoms with Crippen LogP contribution in [0.4, 0.5) is 0 Å². The van der Waals surface area contributed by atoms with E-state index in [-0.39, 0.29) is 12.6 Å². The summed E-state index contributed by atoms with van der Waals surface area (Å²) in [5.74, 6) is 2.12. The molecular formula is C11H21NO3S. The van der Waals surface area contributed by atoms with Crippen LogP contribution in [0, 0.1) is 0 Å². The summed E-state index contributed by atoms with van der Waals surface area (Å²) >= 11 is 2.00. The molecule has 0 saturated carbocycles. The predicted molar refractivity (Wildman–Crippen MR) is 65.8 cm³/mol. The van der Waals surface area contributed by atoms with Gasteiger partial charge < -0.3 is 9.47 Å². The van der Waals surface area contributed by atoms with Crippen molar-refractivity contribution in [3.05, 3.63) is 0 Å². The highest BCUT2D eigenvalue weighted by atomic mass is 32.2. The van der Waals surface area contributed by atoms with E-state index in [9.17, 15) is 4.79 Å². The van der Waals surface area contributed by atoms with Crippen molar-refractivity contribution in [1.29, 1.82) is 0 Å². The average Bonchev–Trinajstić information content (AvgIpc) is 2.27. The molecule has 0 spiro atoms. The highest BCUT2D eigenvalue weighted by Gasteiger charge is 2.17. The molecule has 0 amide bonds. The molecule has 4 nitrogen and oxygen atoms in total. The summed E-state index contributed by atoms with van der Waals surface area (Å²) in [6.45, 7) is 7.15. The first-order valence-corrected chi connectivity index (χ1v) is 6.94. The molecule has 16 heavy (non-hydrogen) atoms. The zero-order chi connectivity index (χ0) is 11.8. The Hall–Kier alpha value is -0.260. The van der Waals surface area contributed by atoms with Crippen LogP contribution in [0.2, 0.25) is 0 Å². The van der Waals surface area contributed by atoms with Gasteiger partial charge in [-0.15, -0.1) is 0 Å². The monoisotopic (exact) mass is 247 g/mol. The van der Waals surface area contributed by atoms with Gasteiger partial charge in [0.25, 0.3) is 0 Å². The van der Waals surface area contributed by atoms with Crippen molar-refractivity contribution in [3.63, 3.8) is 0 Å². The Balaban J connectivity index is 2.03. The lowest BCUT2D eigenvalue weighted by Crippen LogP contribution is -2.42. The van der Waals surface area contributed by atoms with Crippen LogP contribution in [0.15, 0.2) is 0 Å². The minimum absolute atomic E-state index is 0.0742. The largest absolute Gasteiger partial charge is 0.464 e. The molecule has 0 aromatic rings. The topological polar surface area (TPSA) is 38.8 Å². The van der Waals surface area contributed by atoms with Gasteiger partial charge in [0.05, 0.1) is 13.2 Å². The predicted octanol–water partition coefficient (Wildman–Crippen LogP) is 1.00. The number of hydrogen-bond donors (Lipinski definition) is 0. The molecule has 0 bridgehead atoms. The molecule has 1 atom stereocenters. The quantitative estimate of drug-likeness (QED) is 0.517. The van der Waals surface area contributed by atoms with Crippen LogP contribution < -0.4 is 0 Å². The molecule has 5 heteroatoms. The number of nitrogens with zero attached hydrogens (tertiary/aromatic N) is 1. The zero-order valence-corrected chi connectivity index (χ0v) is 10.9. The van der Waals surface area contributed by atoms with E-state index in [1.807, 2.05) is 11.8 Å². The van der Waals surface area contributed by atoms with Crippen LogP contribution in [-0.2, 0) is 14.3 Å². The maximum atomic E-state index is 11.0. The van der Waals surface area contributed by atoms with Gasteiger partial charge in [-0.05, 0) is 13.8 Å². The van der Waals surface area contributed by atoms with Gasteiger partial charge in [-0.25, -0.2) is 4.79 Å². The molecule has 1 unspecified atom stereocenters. The van der Waals surface area contributed by atoms with E-state index in [1.165, 1.54) is 11.5 Å². The van der Waals surface area contributed by atoms with E-state index < -0.39 is 0 Å². The summed E-state index contributed by atoms with van der Waals surface area (Å²) in [5, 5.41) is 0. The Morgan fingerprint density at radius 2 is 2.38 bits per heavy atom. The number of rotatable bonds is 6. The fourth-order valence-corrected chi connectivity index (χ4v) is 2.72. The van der Waals surface area contributed by atoms with Crippen molar-refractivity contribution < 1.29 is 14.3 Å². The van der Waals surface area contributed by atoms with Gasteiger partial charge in [-0.1, -0.05) is 0 Å². The molecule has 1 aliphatic rings. The smallest absolute Gasteiger partial charge is 0.332 e. The first-order chi connectivity index (χ1) is 7.74. The van der Waals surface area contributed by atoms with Gasteiger partial charge in [0.2, 0.25) is 0 Å². The summed E-state index contributed by atoms with van der Waals surface area (Å²) < 4.78 is 10.1. The highest BCUT2D eigenvalue weighted by molar-refractivity contribution is 7.99.